The second-order valence-electron chi connectivity index (χ2n) is 6.82. The van der Waals surface area contributed by atoms with Gasteiger partial charge in [-0.1, -0.05) is 18.2 Å². The lowest BCUT2D eigenvalue weighted by atomic mass is 10.0. The number of hydrogen-bond donors (Lipinski definition) is 1. The zero-order chi connectivity index (χ0) is 21.3. The topological polar surface area (TPSA) is 110 Å². The zero-order valence-corrected chi connectivity index (χ0v) is 17.3. The quantitative estimate of drug-likeness (QED) is 0.826. The summed E-state index contributed by atoms with van der Waals surface area (Å²) in [4.78, 5) is 27.8. The number of amides is 2. The van der Waals surface area contributed by atoms with Gasteiger partial charge < -0.3 is 9.64 Å². The number of nitrogens with two attached hydrogens (primary N) is 1. The minimum absolute atomic E-state index is 0.00560. The van der Waals surface area contributed by atoms with Gasteiger partial charge in [-0.2, -0.15) is 0 Å². The second kappa shape index (κ2) is 7.84. The summed E-state index contributed by atoms with van der Waals surface area (Å²) in [6.07, 6.45) is -0.501. The summed E-state index contributed by atoms with van der Waals surface area (Å²) in [7, 11) is -3.85. The number of anilines is 2. The van der Waals surface area contributed by atoms with Crippen LogP contribution in [0.25, 0.3) is 11.1 Å². The first-order valence-electron chi connectivity index (χ1n) is 9.15. The fourth-order valence-electron chi connectivity index (χ4n) is 3.51. The average molecular weight is 417 g/mol. The van der Waals surface area contributed by atoms with Crippen LogP contribution in [0.15, 0.2) is 47.4 Å². The van der Waals surface area contributed by atoms with Crippen LogP contribution in [0.3, 0.4) is 0 Å². The molecule has 1 aliphatic rings. The number of carbonyl (C=O) groups is 2. The van der Waals surface area contributed by atoms with Crippen molar-refractivity contribution in [3.05, 3.63) is 42.5 Å². The number of nitrogens with zero attached hydrogens (tertiary/aromatic N) is 2. The van der Waals surface area contributed by atoms with Crippen molar-refractivity contribution in [1.29, 1.82) is 0 Å². The molecular weight excluding hydrogens is 394 g/mol. The monoisotopic (exact) mass is 417 g/mol. The molecule has 29 heavy (non-hydrogen) atoms. The standard InChI is InChI=1S/C20H23N3O5S/c1-4-28-20(25)22-12-13(2)23(14(3)24)18-9-8-16(11-19(18)22)15-6-5-7-17(10-15)29(21,26)27/h5-11,13H,4,12H2,1-3H3,(H2,21,26,27). The van der Waals surface area contributed by atoms with Crippen LogP contribution in [0, 0.1) is 0 Å². The van der Waals surface area contributed by atoms with E-state index in [1.54, 1.807) is 42.2 Å². The third kappa shape index (κ3) is 4.10. The molecule has 0 bridgehead atoms. The van der Waals surface area contributed by atoms with Gasteiger partial charge >= 0.3 is 6.09 Å². The molecule has 154 valence electrons. The van der Waals surface area contributed by atoms with E-state index in [0.717, 1.165) is 0 Å². The number of carbonyl (C=O) groups excluding carboxylic acids is 2. The van der Waals surface area contributed by atoms with Gasteiger partial charge in [0, 0.05) is 13.5 Å². The number of rotatable bonds is 3. The lowest BCUT2D eigenvalue weighted by Crippen LogP contribution is -2.51. The van der Waals surface area contributed by atoms with Crippen LogP contribution in [0.2, 0.25) is 0 Å². The molecule has 2 aromatic carbocycles. The largest absolute Gasteiger partial charge is 0.449 e. The molecular formula is C20H23N3O5S. The van der Waals surface area contributed by atoms with Crippen LogP contribution in [0.1, 0.15) is 20.8 Å². The summed E-state index contributed by atoms with van der Waals surface area (Å²) in [5, 5.41) is 5.24. The molecule has 3 rings (SSSR count). The van der Waals surface area contributed by atoms with E-state index in [0.29, 0.717) is 22.5 Å². The van der Waals surface area contributed by atoms with Crippen LogP contribution in [-0.2, 0) is 19.6 Å². The van der Waals surface area contributed by atoms with Crippen LogP contribution in [-0.4, -0.2) is 39.6 Å². The van der Waals surface area contributed by atoms with Crippen molar-refractivity contribution in [2.24, 2.45) is 5.14 Å². The van der Waals surface area contributed by atoms with E-state index in [1.807, 2.05) is 6.92 Å². The van der Waals surface area contributed by atoms with E-state index in [4.69, 9.17) is 9.88 Å². The lowest BCUT2D eigenvalue weighted by molar-refractivity contribution is -0.117. The Kier molecular flexibility index (Phi) is 5.63. The number of primary sulfonamides is 1. The normalized spacial score (nSPS) is 16.3. The highest BCUT2D eigenvalue weighted by Gasteiger charge is 2.34. The van der Waals surface area contributed by atoms with Crippen LogP contribution in [0.5, 0.6) is 0 Å². The first-order chi connectivity index (χ1) is 13.6. The maximum Gasteiger partial charge on any atom is 0.414 e. The molecule has 2 aromatic rings. The highest BCUT2D eigenvalue weighted by molar-refractivity contribution is 7.89. The Labute approximate surface area is 169 Å². The van der Waals surface area contributed by atoms with Gasteiger partial charge in [0.25, 0.3) is 0 Å². The van der Waals surface area contributed by atoms with Crippen molar-refractivity contribution in [2.75, 3.05) is 23.0 Å². The third-order valence-electron chi connectivity index (χ3n) is 4.74. The minimum atomic E-state index is -3.85. The Bertz CT molecular complexity index is 1070. The third-order valence-corrected chi connectivity index (χ3v) is 5.65. The van der Waals surface area contributed by atoms with Gasteiger partial charge in [0.05, 0.1) is 28.9 Å². The predicted molar refractivity (Wildman–Crippen MR) is 110 cm³/mol. The number of ether oxygens (including phenoxy) is 1. The van der Waals surface area contributed by atoms with Crippen molar-refractivity contribution in [3.8, 4) is 11.1 Å². The Balaban J connectivity index is 2.14. The summed E-state index contributed by atoms with van der Waals surface area (Å²) < 4.78 is 28.5. The fraction of sp³-hybridized carbons (Fsp3) is 0.300. The average Bonchev–Trinajstić information content (AvgIpc) is 2.66. The van der Waals surface area contributed by atoms with Crippen molar-refractivity contribution in [2.45, 2.75) is 31.7 Å². The predicted octanol–water partition coefficient (Wildman–Crippen LogP) is 2.72. The van der Waals surface area contributed by atoms with Crippen molar-refractivity contribution >= 4 is 33.4 Å². The minimum Gasteiger partial charge on any atom is -0.449 e. The van der Waals surface area contributed by atoms with Gasteiger partial charge in [0.1, 0.15) is 0 Å². The Hall–Kier alpha value is -2.91. The van der Waals surface area contributed by atoms with Gasteiger partial charge in [-0.3, -0.25) is 9.69 Å². The molecule has 0 saturated carbocycles. The first kappa shape index (κ1) is 20.8. The van der Waals surface area contributed by atoms with Gasteiger partial charge in [0.2, 0.25) is 15.9 Å². The Morgan fingerprint density at radius 2 is 1.83 bits per heavy atom. The highest BCUT2D eigenvalue weighted by Crippen LogP contribution is 2.39. The molecule has 8 nitrogen and oxygen atoms in total. The summed E-state index contributed by atoms with van der Waals surface area (Å²) >= 11 is 0. The molecule has 0 radical (unpaired) electrons. The summed E-state index contributed by atoms with van der Waals surface area (Å²) in [5.41, 5.74) is 2.42. The van der Waals surface area contributed by atoms with E-state index >= 15 is 0 Å². The molecule has 0 aromatic heterocycles. The molecule has 0 spiro atoms. The summed E-state index contributed by atoms with van der Waals surface area (Å²) in [6.45, 7) is 5.57. The van der Waals surface area contributed by atoms with E-state index < -0.39 is 16.1 Å². The molecule has 2 amide bonds. The SMILES string of the molecule is CCOC(=O)N1CC(C)N(C(C)=O)c2ccc(-c3cccc(S(N)(=O)=O)c3)cc21. The fourth-order valence-corrected chi connectivity index (χ4v) is 4.07. The molecule has 1 aliphatic heterocycles. The van der Waals surface area contributed by atoms with Crippen molar-refractivity contribution < 1.29 is 22.7 Å². The molecule has 9 heteroatoms. The van der Waals surface area contributed by atoms with Gasteiger partial charge in [-0.15, -0.1) is 0 Å². The second-order valence-corrected chi connectivity index (χ2v) is 8.39. The first-order valence-corrected chi connectivity index (χ1v) is 10.7. The smallest absolute Gasteiger partial charge is 0.414 e. The molecule has 1 unspecified atom stereocenters. The van der Waals surface area contributed by atoms with Gasteiger partial charge in [-0.05, 0) is 49.2 Å². The highest BCUT2D eigenvalue weighted by atomic mass is 32.2. The van der Waals surface area contributed by atoms with Crippen molar-refractivity contribution in [3.63, 3.8) is 0 Å². The maximum atomic E-state index is 12.5. The maximum absolute atomic E-state index is 12.5. The molecule has 0 aliphatic carbocycles. The molecule has 1 heterocycles. The molecule has 2 N–H and O–H groups in total. The van der Waals surface area contributed by atoms with E-state index in [1.165, 1.54) is 24.0 Å². The molecule has 1 atom stereocenters. The van der Waals surface area contributed by atoms with Crippen LogP contribution < -0.4 is 14.9 Å². The van der Waals surface area contributed by atoms with E-state index in [9.17, 15) is 18.0 Å². The molecule has 0 saturated heterocycles. The van der Waals surface area contributed by atoms with Gasteiger partial charge in [-0.25, -0.2) is 18.4 Å². The summed E-state index contributed by atoms with van der Waals surface area (Å²) in [6, 6.07) is 11.3. The van der Waals surface area contributed by atoms with E-state index in [-0.39, 0.29) is 30.0 Å². The number of benzene rings is 2. The van der Waals surface area contributed by atoms with Crippen LogP contribution >= 0.6 is 0 Å². The number of sulfonamides is 1. The summed E-state index contributed by atoms with van der Waals surface area (Å²) in [5.74, 6) is -0.133. The Morgan fingerprint density at radius 1 is 1.14 bits per heavy atom. The van der Waals surface area contributed by atoms with Crippen molar-refractivity contribution in [1.82, 2.24) is 0 Å². The number of fused-ring (bicyclic) bond motifs is 1. The van der Waals surface area contributed by atoms with Gasteiger partial charge in [0.15, 0.2) is 0 Å². The lowest BCUT2D eigenvalue weighted by Gasteiger charge is -2.40. The zero-order valence-electron chi connectivity index (χ0n) is 16.5. The van der Waals surface area contributed by atoms with E-state index in [2.05, 4.69) is 0 Å². The molecule has 0 fully saturated rings. The van der Waals surface area contributed by atoms with Crippen LogP contribution in [0.4, 0.5) is 16.2 Å². The Morgan fingerprint density at radius 3 is 2.45 bits per heavy atom. The number of hydrogen-bond acceptors (Lipinski definition) is 5.